The van der Waals surface area contributed by atoms with Gasteiger partial charge in [0.2, 0.25) is 5.91 Å². The van der Waals surface area contributed by atoms with E-state index in [4.69, 9.17) is 23.2 Å². The van der Waals surface area contributed by atoms with Crippen molar-refractivity contribution in [2.75, 3.05) is 16.4 Å². The molecule has 10 heteroatoms. The highest BCUT2D eigenvalue weighted by molar-refractivity contribution is 8.00. The van der Waals surface area contributed by atoms with Gasteiger partial charge in [-0.05, 0) is 48.9 Å². The van der Waals surface area contributed by atoms with Crippen molar-refractivity contribution in [1.29, 1.82) is 0 Å². The Hall–Kier alpha value is -3.07. The number of anilines is 2. The van der Waals surface area contributed by atoms with Crippen LogP contribution in [0, 0.1) is 17.0 Å². The van der Waals surface area contributed by atoms with Crippen molar-refractivity contribution in [2.45, 2.75) is 11.8 Å². The topological polar surface area (TPSA) is 101 Å². The van der Waals surface area contributed by atoms with Crippen molar-refractivity contribution in [1.82, 2.24) is 0 Å². The number of nitro groups is 1. The summed E-state index contributed by atoms with van der Waals surface area (Å²) in [6.45, 7) is 1.76. The van der Waals surface area contributed by atoms with Gasteiger partial charge in [0.25, 0.3) is 11.6 Å². The second-order valence-electron chi connectivity index (χ2n) is 6.70. The van der Waals surface area contributed by atoms with Crippen LogP contribution in [0.2, 0.25) is 10.0 Å². The number of carbonyl (C=O) groups excluding carboxylic acids is 2. The van der Waals surface area contributed by atoms with Crippen molar-refractivity contribution < 1.29 is 14.5 Å². The maximum atomic E-state index is 12.5. The fourth-order valence-electron chi connectivity index (χ4n) is 2.73. The smallest absolute Gasteiger partial charge is 0.271 e. The molecule has 0 radical (unpaired) electrons. The van der Waals surface area contributed by atoms with Crippen LogP contribution in [0.5, 0.6) is 0 Å². The summed E-state index contributed by atoms with van der Waals surface area (Å²) in [6.07, 6.45) is 0. The Balaban J connectivity index is 1.61. The Morgan fingerprint density at radius 3 is 2.53 bits per heavy atom. The molecule has 0 bridgehead atoms. The molecule has 0 saturated carbocycles. The highest BCUT2D eigenvalue weighted by Gasteiger charge is 2.13. The van der Waals surface area contributed by atoms with Crippen LogP contribution >= 0.6 is 35.0 Å². The van der Waals surface area contributed by atoms with Crippen LogP contribution in [0.15, 0.2) is 65.6 Å². The number of thioether (sulfide) groups is 1. The number of nitrogens with one attached hydrogen (secondary N) is 2. The molecule has 3 aromatic rings. The van der Waals surface area contributed by atoms with E-state index >= 15 is 0 Å². The molecule has 0 unspecified atom stereocenters. The minimum Gasteiger partial charge on any atom is -0.325 e. The summed E-state index contributed by atoms with van der Waals surface area (Å²) in [7, 11) is 0. The zero-order chi connectivity index (χ0) is 23.3. The van der Waals surface area contributed by atoms with Crippen LogP contribution in [-0.2, 0) is 4.79 Å². The fraction of sp³-hybridized carbons (Fsp3) is 0.0909. The van der Waals surface area contributed by atoms with Gasteiger partial charge in [0.1, 0.15) is 0 Å². The lowest BCUT2D eigenvalue weighted by atomic mass is 10.2. The van der Waals surface area contributed by atoms with Gasteiger partial charge >= 0.3 is 0 Å². The van der Waals surface area contributed by atoms with Gasteiger partial charge in [0.05, 0.1) is 26.9 Å². The quantitative estimate of drug-likeness (QED) is 0.234. The Bertz CT molecular complexity index is 1200. The lowest BCUT2D eigenvalue weighted by molar-refractivity contribution is -0.384. The molecule has 2 N–H and O–H groups in total. The highest BCUT2D eigenvalue weighted by atomic mass is 35.5. The predicted molar refractivity (Wildman–Crippen MR) is 128 cm³/mol. The molecule has 0 heterocycles. The molecule has 0 aliphatic heterocycles. The standard InChI is InChI=1S/C22H17Cl2N3O4S/c1-13-5-7-16(27(30)31)11-20(13)26-21(28)12-32-17-4-2-3-15(10-17)25-22(29)18-8-6-14(23)9-19(18)24/h2-11H,12H2,1H3,(H,25,29)(H,26,28). The summed E-state index contributed by atoms with van der Waals surface area (Å²) in [6, 6.07) is 15.9. The summed E-state index contributed by atoms with van der Waals surface area (Å²) in [5.74, 6) is -0.601. The summed E-state index contributed by atoms with van der Waals surface area (Å²) in [5.41, 5.74) is 1.86. The lowest BCUT2D eigenvalue weighted by Crippen LogP contribution is -2.15. The Morgan fingerprint density at radius 2 is 1.81 bits per heavy atom. The molecule has 0 saturated heterocycles. The zero-order valence-electron chi connectivity index (χ0n) is 16.7. The molecule has 7 nitrogen and oxygen atoms in total. The first-order valence-electron chi connectivity index (χ1n) is 9.27. The lowest BCUT2D eigenvalue weighted by Gasteiger charge is -2.10. The van der Waals surface area contributed by atoms with E-state index in [2.05, 4.69) is 10.6 Å². The van der Waals surface area contributed by atoms with E-state index in [9.17, 15) is 19.7 Å². The van der Waals surface area contributed by atoms with Gasteiger partial charge in [-0.15, -0.1) is 11.8 Å². The number of rotatable bonds is 7. The summed E-state index contributed by atoms with van der Waals surface area (Å²) < 4.78 is 0. The van der Waals surface area contributed by atoms with Crippen LogP contribution in [0.1, 0.15) is 15.9 Å². The van der Waals surface area contributed by atoms with E-state index < -0.39 is 4.92 Å². The first-order valence-corrected chi connectivity index (χ1v) is 11.0. The van der Waals surface area contributed by atoms with Crippen LogP contribution < -0.4 is 10.6 Å². The van der Waals surface area contributed by atoms with Crippen LogP contribution in [0.25, 0.3) is 0 Å². The first-order chi connectivity index (χ1) is 15.2. The number of hydrogen-bond acceptors (Lipinski definition) is 5. The zero-order valence-corrected chi connectivity index (χ0v) is 19.1. The van der Waals surface area contributed by atoms with E-state index in [1.54, 1.807) is 43.3 Å². The van der Waals surface area contributed by atoms with E-state index in [0.29, 0.717) is 22.0 Å². The molecule has 0 spiro atoms. The third-order valence-corrected chi connectivity index (χ3v) is 5.89. The average molecular weight is 490 g/mol. The van der Waals surface area contributed by atoms with Crippen molar-refractivity contribution in [3.8, 4) is 0 Å². The van der Waals surface area contributed by atoms with Gasteiger partial charge in [-0.3, -0.25) is 19.7 Å². The van der Waals surface area contributed by atoms with Crippen LogP contribution in [0.4, 0.5) is 17.1 Å². The number of halogens is 2. The second kappa shape index (κ2) is 10.5. The number of nitrogens with zero attached hydrogens (tertiary/aromatic N) is 1. The number of aryl methyl sites for hydroxylation is 1. The molecule has 164 valence electrons. The largest absolute Gasteiger partial charge is 0.325 e. The molecule has 2 amide bonds. The average Bonchev–Trinajstić information content (AvgIpc) is 2.74. The number of non-ortho nitro benzene ring substituents is 1. The number of carbonyl (C=O) groups is 2. The van der Waals surface area contributed by atoms with Crippen molar-refractivity contribution in [3.63, 3.8) is 0 Å². The van der Waals surface area contributed by atoms with Gasteiger partial charge in [0.15, 0.2) is 0 Å². The molecule has 3 aromatic carbocycles. The van der Waals surface area contributed by atoms with Crippen LogP contribution in [-0.4, -0.2) is 22.5 Å². The van der Waals surface area contributed by atoms with E-state index in [1.807, 2.05) is 6.07 Å². The second-order valence-corrected chi connectivity index (χ2v) is 8.59. The Morgan fingerprint density at radius 1 is 1.03 bits per heavy atom. The van der Waals surface area contributed by atoms with Crippen LogP contribution in [0.3, 0.4) is 0 Å². The van der Waals surface area contributed by atoms with Gasteiger partial charge in [-0.25, -0.2) is 0 Å². The predicted octanol–water partition coefficient (Wildman–Crippen LogP) is 6.19. The normalized spacial score (nSPS) is 10.5. The monoisotopic (exact) mass is 489 g/mol. The van der Waals surface area contributed by atoms with E-state index in [1.165, 1.54) is 30.0 Å². The number of nitro benzene ring substituents is 1. The highest BCUT2D eigenvalue weighted by Crippen LogP contribution is 2.26. The van der Waals surface area contributed by atoms with Gasteiger partial charge in [0, 0.05) is 27.7 Å². The van der Waals surface area contributed by atoms with Gasteiger partial charge in [-0.1, -0.05) is 35.3 Å². The summed E-state index contributed by atoms with van der Waals surface area (Å²) >= 11 is 13.2. The minimum atomic E-state index is -0.513. The van der Waals surface area contributed by atoms with E-state index in [-0.39, 0.29) is 28.3 Å². The fourth-order valence-corrected chi connectivity index (χ4v) is 3.98. The third kappa shape index (κ3) is 6.23. The number of amides is 2. The molecule has 3 rings (SSSR count). The Labute approximate surface area is 198 Å². The third-order valence-electron chi connectivity index (χ3n) is 4.34. The molecule has 32 heavy (non-hydrogen) atoms. The van der Waals surface area contributed by atoms with E-state index in [0.717, 1.165) is 10.5 Å². The molecule has 0 aliphatic rings. The molecule has 0 fully saturated rings. The number of hydrogen-bond donors (Lipinski definition) is 2. The van der Waals surface area contributed by atoms with Gasteiger partial charge < -0.3 is 10.6 Å². The SMILES string of the molecule is Cc1ccc([N+](=O)[O-])cc1NC(=O)CSc1cccc(NC(=O)c2ccc(Cl)cc2Cl)c1. The first kappa shape index (κ1) is 23.6. The molecule has 0 aromatic heterocycles. The Kier molecular flexibility index (Phi) is 7.74. The maximum Gasteiger partial charge on any atom is 0.271 e. The molecule has 0 atom stereocenters. The van der Waals surface area contributed by atoms with Crippen molar-refractivity contribution in [2.24, 2.45) is 0 Å². The minimum absolute atomic E-state index is 0.0859. The molecular formula is C22H17Cl2N3O4S. The van der Waals surface area contributed by atoms with Crippen molar-refractivity contribution in [3.05, 3.63) is 92.0 Å². The summed E-state index contributed by atoms with van der Waals surface area (Å²) in [5, 5.41) is 17.1. The van der Waals surface area contributed by atoms with Gasteiger partial charge in [-0.2, -0.15) is 0 Å². The molecule has 0 aliphatic carbocycles. The summed E-state index contributed by atoms with van der Waals surface area (Å²) in [4.78, 5) is 36.0. The maximum absolute atomic E-state index is 12.5. The molecular weight excluding hydrogens is 473 g/mol. The number of benzene rings is 3. The van der Waals surface area contributed by atoms with Crippen molar-refractivity contribution >= 4 is 63.8 Å².